The standard InChI is InChI=1S/C13H19F6NO3SSi/c1-25(2,3)5-4-22-8-23-11(12(14,15)16,13(17,18)19)10-20-9(6-21)7-24-10/h7,21H,4-6,8H2,1-3H3. The number of aliphatic hydroxyl groups is 1. The predicted molar refractivity (Wildman–Crippen MR) is 81.9 cm³/mol. The van der Waals surface area contributed by atoms with Gasteiger partial charge in [-0.2, -0.15) is 26.3 Å². The number of halogens is 6. The van der Waals surface area contributed by atoms with Gasteiger partial charge in [-0.1, -0.05) is 19.6 Å². The van der Waals surface area contributed by atoms with Gasteiger partial charge < -0.3 is 14.6 Å². The van der Waals surface area contributed by atoms with Crippen molar-refractivity contribution in [3.8, 4) is 0 Å². The molecular weight excluding hydrogens is 392 g/mol. The molecule has 0 saturated carbocycles. The summed E-state index contributed by atoms with van der Waals surface area (Å²) in [4.78, 5) is 3.23. The first kappa shape index (κ1) is 22.3. The summed E-state index contributed by atoms with van der Waals surface area (Å²) in [6.07, 6.45) is -11.6. The van der Waals surface area contributed by atoms with Crippen LogP contribution in [0, 0.1) is 0 Å². The Bertz CT molecular complexity index is 541. The molecule has 0 fully saturated rings. The van der Waals surface area contributed by atoms with E-state index in [4.69, 9.17) is 9.84 Å². The number of hydrogen-bond donors (Lipinski definition) is 1. The quantitative estimate of drug-likeness (QED) is 0.300. The summed E-state index contributed by atoms with van der Waals surface area (Å²) in [7, 11) is -1.55. The smallest absolute Gasteiger partial charge is 0.390 e. The number of alkyl halides is 6. The molecule has 146 valence electrons. The maximum absolute atomic E-state index is 13.4. The van der Waals surface area contributed by atoms with Crippen molar-refractivity contribution >= 4 is 19.4 Å². The number of thiazole rings is 1. The molecule has 1 N–H and O–H groups in total. The summed E-state index contributed by atoms with van der Waals surface area (Å²) in [6.45, 7) is 3.99. The average molecular weight is 411 g/mol. The fourth-order valence-electron chi connectivity index (χ4n) is 1.74. The van der Waals surface area contributed by atoms with Gasteiger partial charge >= 0.3 is 18.0 Å². The molecule has 0 aromatic carbocycles. The highest BCUT2D eigenvalue weighted by molar-refractivity contribution is 7.09. The first-order valence-corrected chi connectivity index (χ1v) is 11.7. The van der Waals surface area contributed by atoms with Gasteiger partial charge in [-0.15, -0.1) is 11.3 Å². The van der Waals surface area contributed by atoms with E-state index in [9.17, 15) is 26.3 Å². The minimum absolute atomic E-state index is 0.00127. The van der Waals surface area contributed by atoms with E-state index in [0.717, 1.165) is 5.38 Å². The highest BCUT2D eigenvalue weighted by atomic mass is 32.1. The van der Waals surface area contributed by atoms with Crippen LogP contribution in [-0.4, -0.2) is 43.9 Å². The Labute approximate surface area is 145 Å². The van der Waals surface area contributed by atoms with Gasteiger partial charge in [-0.3, -0.25) is 0 Å². The molecule has 0 radical (unpaired) electrons. The van der Waals surface area contributed by atoms with Gasteiger partial charge in [-0.25, -0.2) is 4.98 Å². The molecular formula is C13H19F6NO3SSi. The highest BCUT2D eigenvalue weighted by Gasteiger charge is 2.75. The van der Waals surface area contributed by atoms with E-state index in [2.05, 4.69) is 9.72 Å². The Morgan fingerprint density at radius 2 is 1.68 bits per heavy atom. The normalized spacial score (nSPS) is 14.2. The zero-order valence-corrected chi connectivity index (χ0v) is 15.6. The molecule has 0 unspecified atom stereocenters. The Kier molecular flexibility index (Phi) is 7.06. The third-order valence-corrected chi connectivity index (χ3v) is 5.86. The minimum Gasteiger partial charge on any atom is -0.390 e. The van der Waals surface area contributed by atoms with E-state index >= 15 is 0 Å². The number of nitrogens with zero attached hydrogens (tertiary/aromatic N) is 1. The average Bonchev–Trinajstić information content (AvgIpc) is 2.87. The maximum atomic E-state index is 13.4. The largest absolute Gasteiger partial charge is 0.433 e. The second-order valence-electron chi connectivity index (χ2n) is 6.46. The lowest BCUT2D eigenvalue weighted by Crippen LogP contribution is -2.56. The van der Waals surface area contributed by atoms with Gasteiger partial charge in [0.2, 0.25) is 0 Å². The lowest BCUT2D eigenvalue weighted by molar-refractivity contribution is -0.401. The van der Waals surface area contributed by atoms with Crippen molar-refractivity contribution in [1.82, 2.24) is 4.98 Å². The molecule has 12 heteroatoms. The molecule has 0 spiro atoms. The molecule has 1 rings (SSSR count). The van der Waals surface area contributed by atoms with Crippen molar-refractivity contribution < 1.29 is 40.9 Å². The van der Waals surface area contributed by atoms with Crippen LogP contribution in [0.25, 0.3) is 0 Å². The third kappa shape index (κ3) is 5.39. The number of hydrogen-bond acceptors (Lipinski definition) is 5. The molecule has 1 aromatic heterocycles. The van der Waals surface area contributed by atoms with E-state index < -0.39 is 44.4 Å². The molecule has 0 bridgehead atoms. The van der Waals surface area contributed by atoms with Crippen molar-refractivity contribution in [3.63, 3.8) is 0 Å². The molecule has 0 aliphatic carbocycles. The second kappa shape index (κ2) is 7.90. The zero-order chi connectivity index (χ0) is 19.5. The molecule has 1 aromatic rings. The van der Waals surface area contributed by atoms with Crippen LogP contribution in [0.5, 0.6) is 0 Å². The van der Waals surface area contributed by atoms with Gasteiger partial charge in [0, 0.05) is 20.1 Å². The van der Waals surface area contributed by atoms with E-state index in [1.54, 1.807) is 0 Å². The van der Waals surface area contributed by atoms with Crippen molar-refractivity contribution in [3.05, 3.63) is 16.1 Å². The highest BCUT2D eigenvalue weighted by Crippen LogP contribution is 2.53. The van der Waals surface area contributed by atoms with E-state index in [0.29, 0.717) is 6.04 Å². The Balaban J connectivity index is 3.07. The molecule has 0 saturated heterocycles. The molecule has 0 aliphatic rings. The summed E-state index contributed by atoms with van der Waals surface area (Å²) in [5.74, 6) is 0. The Hall–Kier alpha value is -0.693. The number of aromatic nitrogens is 1. The van der Waals surface area contributed by atoms with Crippen LogP contribution in [0.2, 0.25) is 25.7 Å². The summed E-state index contributed by atoms with van der Waals surface area (Å²) < 4.78 is 89.4. The summed E-state index contributed by atoms with van der Waals surface area (Å²) in [6, 6.07) is 0.563. The Morgan fingerprint density at radius 1 is 1.12 bits per heavy atom. The predicted octanol–water partition coefficient (Wildman–Crippen LogP) is 4.28. The molecule has 0 amide bonds. The first-order valence-electron chi connectivity index (χ1n) is 7.15. The fraction of sp³-hybridized carbons (Fsp3) is 0.769. The third-order valence-electron chi connectivity index (χ3n) is 3.17. The molecule has 1 heterocycles. The van der Waals surface area contributed by atoms with Crippen molar-refractivity contribution in [2.45, 2.75) is 50.2 Å². The topological polar surface area (TPSA) is 51.6 Å². The van der Waals surface area contributed by atoms with Crippen molar-refractivity contribution in [1.29, 1.82) is 0 Å². The van der Waals surface area contributed by atoms with Crippen molar-refractivity contribution in [2.24, 2.45) is 0 Å². The van der Waals surface area contributed by atoms with Crippen LogP contribution in [-0.2, 0) is 21.7 Å². The SMILES string of the molecule is C[Si](C)(C)CCOCOC(c1nc(CO)cs1)(C(F)(F)F)C(F)(F)F. The molecule has 0 atom stereocenters. The van der Waals surface area contributed by atoms with E-state index in [1.165, 1.54) is 0 Å². The number of ether oxygens (including phenoxy) is 2. The summed E-state index contributed by atoms with van der Waals surface area (Å²) in [5, 5.41) is 8.44. The minimum atomic E-state index is -5.81. The monoisotopic (exact) mass is 411 g/mol. The van der Waals surface area contributed by atoms with E-state index in [-0.39, 0.29) is 23.6 Å². The number of rotatable bonds is 8. The van der Waals surface area contributed by atoms with Gasteiger partial charge in [0.1, 0.15) is 11.8 Å². The zero-order valence-electron chi connectivity index (χ0n) is 13.8. The first-order chi connectivity index (χ1) is 11.2. The molecule has 0 aliphatic heterocycles. The lowest BCUT2D eigenvalue weighted by atomic mass is 10.0. The maximum Gasteiger partial charge on any atom is 0.433 e. The van der Waals surface area contributed by atoms with Crippen LogP contribution in [0.4, 0.5) is 26.3 Å². The fourth-order valence-corrected chi connectivity index (χ4v) is 3.50. The van der Waals surface area contributed by atoms with Crippen LogP contribution in [0.15, 0.2) is 5.38 Å². The van der Waals surface area contributed by atoms with Crippen LogP contribution >= 0.6 is 11.3 Å². The van der Waals surface area contributed by atoms with E-state index in [1.807, 2.05) is 19.6 Å². The second-order valence-corrected chi connectivity index (χ2v) is 12.9. The van der Waals surface area contributed by atoms with Crippen LogP contribution in [0.1, 0.15) is 10.7 Å². The number of aliphatic hydroxyl groups excluding tert-OH is 1. The van der Waals surface area contributed by atoms with Gasteiger partial charge in [0.15, 0.2) is 0 Å². The molecule has 4 nitrogen and oxygen atoms in total. The Morgan fingerprint density at radius 3 is 2.08 bits per heavy atom. The van der Waals surface area contributed by atoms with Gasteiger partial charge in [0.05, 0.1) is 12.3 Å². The van der Waals surface area contributed by atoms with Gasteiger partial charge in [-0.05, 0) is 6.04 Å². The molecule has 25 heavy (non-hydrogen) atoms. The van der Waals surface area contributed by atoms with Crippen LogP contribution in [0.3, 0.4) is 0 Å². The van der Waals surface area contributed by atoms with Crippen molar-refractivity contribution in [2.75, 3.05) is 13.4 Å². The summed E-state index contributed by atoms with van der Waals surface area (Å²) >= 11 is 0.118. The summed E-state index contributed by atoms with van der Waals surface area (Å²) in [5.41, 5.74) is -4.90. The van der Waals surface area contributed by atoms with Gasteiger partial charge in [0.25, 0.3) is 0 Å². The van der Waals surface area contributed by atoms with Crippen LogP contribution < -0.4 is 0 Å². The lowest BCUT2D eigenvalue weighted by Gasteiger charge is -2.35.